The SMILES string of the molecule is c1ccc2[nH]c(SCc3ccncc3)nc2c1. The van der Waals surface area contributed by atoms with Gasteiger partial charge in [0, 0.05) is 18.1 Å². The van der Waals surface area contributed by atoms with Gasteiger partial charge in [-0.2, -0.15) is 0 Å². The number of fused-ring (bicyclic) bond motifs is 1. The van der Waals surface area contributed by atoms with E-state index in [0.717, 1.165) is 21.9 Å². The first kappa shape index (κ1) is 10.4. The third kappa shape index (κ3) is 2.31. The molecule has 84 valence electrons. The molecule has 0 aliphatic heterocycles. The molecule has 0 unspecified atom stereocenters. The number of nitrogens with zero attached hydrogens (tertiary/aromatic N) is 2. The Morgan fingerprint density at radius 1 is 1.06 bits per heavy atom. The smallest absolute Gasteiger partial charge is 0.166 e. The number of imidazole rings is 1. The highest BCUT2D eigenvalue weighted by atomic mass is 32.2. The van der Waals surface area contributed by atoms with E-state index >= 15 is 0 Å². The fraction of sp³-hybridized carbons (Fsp3) is 0.0769. The Labute approximate surface area is 103 Å². The highest BCUT2D eigenvalue weighted by Gasteiger charge is 2.02. The number of pyridine rings is 1. The molecule has 3 rings (SSSR count). The number of rotatable bonds is 3. The van der Waals surface area contributed by atoms with Crippen LogP contribution in [0.2, 0.25) is 0 Å². The van der Waals surface area contributed by atoms with E-state index in [1.807, 2.05) is 48.8 Å². The van der Waals surface area contributed by atoms with Gasteiger partial charge in [-0.15, -0.1) is 0 Å². The van der Waals surface area contributed by atoms with Crippen LogP contribution in [0, 0.1) is 0 Å². The standard InChI is InChI=1S/C13H11N3S/c1-2-4-12-11(3-1)15-13(16-12)17-9-10-5-7-14-8-6-10/h1-8H,9H2,(H,15,16). The molecular weight excluding hydrogens is 230 g/mol. The fourth-order valence-electron chi connectivity index (χ4n) is 1.63. The van der Waals surface area contributed by atoms with E-state index in [0.29, 0.717) is 0 Å². The summed E-state index contributed by atoms with van der Waals surface area (Å²) in [6.07, 6.45) is 3.63. The monoisotopic (exact) mass is 241 g/mol. The lowest BCUT2D eigenvalue weighted by molar-refractivity contribution is 1.08. The summed E-state index contributed by atoms with van der Waals surface area (Å²) in [5, 5.41) is 0.961. The number of H-pyrrole nitrogens is 1. The van der Waals surface area contributed by atoms with E-state index in [2.05, 4.69) is 15.0 Å². The quantitative estimate of drug-likeness (QED) is 0.716. The van der Waals surface area contributed by atoms with Crippen molar-refractivity contribution in [3.8, 4) is 0 Å². The van der Waals surface area contributed by atoms with Gasteiger partial charge in [-0.1, -0.05) is 23.9 Å². The van der Waals surface area contributed by atoms with Crippen molar-refractivity contribution in [1.29, 1.82) is 0 Å². The summed E-state index contributed by atoms with van der Waals surface area (Å²) < 4.78 is 0. The molecule has 17 heavy (non-hydrogen) atoms. The second-order valence-corrected chi connectivity index (χ2v) is 4.67. The van der Waals surface area contributed by atoms with Crippen molar-refractivity contribution in [3.05, 3.63) is 54.4 Å². The Balaban J connectivity index is 1.77. The Kier molecular flexibility index (Phi) is 2.80. The normalized spacial score (nSPS) is 10.8. The van der Waals surface area contributed by atoms with E-state index in [1.165, 1.54) is 5.56 Å². The molecule has 0 amide bonds. The number of hydrogen-bond acceptors (Lipinski definition) is 3. The summed E-state index contributed by atoms with van der Waals surface area (Å²) in [6.45, 7) is 0. The van der Waals surface area contributed by atoms with Gasteiger partial charge in [-0.25, -0.2) is 4.98 Å². The number of nitrogens with one attached hydrogen (secondary N) is 1. The zero-order valence-corrected chi connectivity index (χ0v) is 9.95. The third-order valence-electron chi connectivity index (χ3n) is 2.49. The van der Waals surface area contributed by atoms with Gasteiger partial charge in [0.05, 0.1) is 11.0 Å². The summed E-state index contributed by atoms with van der Waals surface area (Å²) in [4.78, 5) is 11.8. The predicted octanol–water partition coefficient (Wildman–Crippen LogP) is 3.25. The molecule has 1 aromatic carbocycles. The molecule has 3 aromatic rings. The van der Waals surface area contributed by atoms with E-state index in [9.17, 15) is 0 Å². The zero-order valence-electron chi connectivity index (χ0n) is 9.13. The summed E-state index contributed by atoms with van der Waals surface area (Å²) in [6, 6.07) is 12.1. The first-order valence-electron chi connectivity index (χ1n) is 5.38. The van der Waals surface area contributed by atoms with Crippen LogP contribution in [0.1, 0.15) is 5.56 Å². The lowest BCUT2D eigenvalue weighted by Crippen LogP contribution is -1.81. The first-order chi connectivity index (χ1) is 8.42. The molecular formula is C13H11N3S. The number of aromatic nitrogens is 3. The Morgan fingerprint density at radius 3 is 2.71 bits per heavy atom. The minimum atomic E-state index is 0.905. The van der Waals surface area contributed by atoms with Gasteiger partial charge >= 0.3 is 0 Å². The summed E-state index contributed by atoms with van der Waals surface area (Å²) in [7, 11) is 0. The topological polar surface area (TPSA) is 41.6 Å². The van der Waals surface area contributed by atoms with Crippen LogP contribution >= 0.6 is 11.8 Å². The average Bonchev–Trinajstić information content (AvgIpc) is 2.80. The van der Waals surface area contributed by atoms with E-state index in [1.54, 1.807) is 11.8 Å². The molecule has 0 atom stereocenters. The van der Waals surface area contributed by atoms with Crippen LogP contribution in [-0.4, -0.2) is 15.0 Å². The molecule has 0 fully saturated rings. The van der Waals surface area contributed by atoms with Crippen LogP contribution < -0.4 is 0 Å². The second-order valence-electron chi connectivity index (χ2n) is 3.70. The number of aromatic amines is 1. The van der Waals surface area contributed by atoms with Crippen LogP contribution in [0.3, 0.4) is 0 Å². The third-order valence-corrected chi connectivity index (χ3v) is 3.44. The molecule has 0 radical (unpaired) electrons. The maximum Gasteiger partial charge on any atom is 0.166 e. The molecule has 4 heteroatoms. The second kappa shape index (κ2) is 4.59. The van der Waals surface area contributed by atoms with Crippen molar-refractivity contribution < 1.29 is 0 Å². The molecule has 2 heterocycles. The minimum absolute atomic E-state index is 0.905. The van der Waals surface area contributed by atoms with Gasteiger partial charge in [0.25, 0.3) is 0 Å². The fourth-order valence-corrected chi connectivity index (χ4v) is 2.47. The maximum atomic E-state index is 4.52. The minimum Gasteiger partial charge on any atom is -0.333 e. The van der Waals surface area contributed by atoms with Crippen molar-refractivity contribution in [2.24, 2.45) is 0 Å². The summed E-state index contributed by atoms with van der Waals surface area (Å²) in [5.41, 5.74) is 3.36. The van der Waals surface area contributed by atoms with Gasteiger partial charge < -0.3 is 4.98 Å². The van der Waals surface area contributed by atoms with Gasteiger partial charge in [0.15, 0.2) is 5.16 Å². The van der Waals surface area contributed by atoms with Crippen molar-refractivity contribution in [2.75, 3.05) is 0 Å². The highest BCUT2D eigenvalue weighted by molar-refractivity contribution is 7.98. The number of para-hydroxylation sites is 2. The van der Waals surface area contributed by atoms with Crippen molar-refractivity contribution in [1.82, 2.24) is 15.0 Å². The first-order valence-corrected chi connectivity index (χ1v) is 6.37. The predicted molar refractivity (Wildman–Crippen MR) is 69.9 cm³/mol. The van der Waals surface area contributed by atoms with Crippen molar-refractivity contribution >= 4 is 22.8 Å². The molecule has 2 aromatic heterocycles. The van der Waals surface area contributed by atoms with Crippen LogP contribution in [0.5, 0.6) is 0 Å². The maximum absolute atomic E-state index is 4.52. The molecule has 1 N–H and O–H groups in total. The lowest BCUT2D eigenvalue weighted by Gasteiger charge is -1.97. The Bertz CT molecular complexity index is 586. The molecule has 0 spiro atoms. The van der Waals surface area contributed by atoms with Gasteiger partial charge in [0.1, 0.15) is 0 Å². The van der Waals surface area contributed by atoms with Gasteiger partial charge in [-0.3, -0.25) is 4.98 Å². The van der Waals surface area contributed by atoms with Crippen LogP contribution in [0.4, 0.5) is 0 Å². The molecule has 0 bridgehead atoms. The van der Waals surface area contributed by atoms with Crippen LogP contribution in [0.15, 0.2) is 53.9 Å². The Morgan fingerprint density at radius 2 is 1.88 bits per heavy atom. The summed E-state index contributed by atoms with van der Waals surface area (Å²) in [5.74, 6) is 0.905. The Hall–Kier alpha value is -1.81. The zero-order chi connectivity index (χ0) is 11.5. The lowest BCUT2D eigenvalue weighted by atomic mass is 10.3. The van der Waals surface area contributed by atoms with E-state index in [4.69, 9.17) is 0 Å². The van der Waals surface area contributed by atoms with Crippen LogP contribution in [-0.2, 0) is 5.75 Å². The van der Waals surface area contributed by atoms with Gasteiger partial charge in [-0.05, 0) is 29.8 Å². The van der Waals surface area contributed by atoms with E-state index in [-0.39, 0.29) is 0 Å². The molecule has 3 nitrogen and oxygen atoms in total. The van der Waals surface area contributed by atoms with Crippen LogP contribution in [0.25, 0.3) is 11.0 Å². The number of benzene rings is 1. The van der Waals surface area contributed by atoms with E-state index < -0.39 is 0 Å². The average molecular weight is 241 g/mol. The largest absolute Gasteiger partial charge is 0.333 e. The van der Waals surface area contributed by atoms with Gasteiger partial charge in [0.2, 0.25) is 0 Å². The molecule has 0 aliphatic rings. The highest BCUT2D eigenvalue weighted by Crippen LogP contribution is 2.22. The number of hydrogen-bond donors (Lipinski definition) is 1. The number of thioether (sulfide) groups is 1. The molecule has 0 saturated heterocycles. The molecule has 0 aliphatic carbocycles. The van der Waals surface area contributed by atoms with Crippen molar-refractivity contribution in [3.63, 3.8) is 0 Å². The molecule has 0 saturated carbocycles. The van der Waals surface area contributed by atoms with Crippen molar-refractivity contribution in [2.45, 2.75) is 10.9 Å². The summed E-state index contributed by atoms with van der Waals surface area (Å²) >= 11 is 1.70.